The van der Waals surface area contributed by atoms with Crippen LogP contribution >= 0.6 is 28.1 Å². The number of ether oxygens (including phenoxy) is 1. The number of pyridine rings is 1. The summed E-state index contributed by atoms with van der Waals surface area (Å²) in [5, 5.41) is 0. The highest BCUT2D eigenvalue weighted by Gasteiger charge is 2.11. The summed E-state index contributed by atoms with van der Waals surface area (Å²) < 4.78 is 19.7. The largest absolute Gasteiger partial charge is 0.452 e. The molecule has 6 heteroatoms. The number of hydrogen-bond donors (Lipinski definition) is 1. The fraction of sp³-hybridized carbons (Fsp3) is 0. The molecule has 0 aliphatic heterocycles. The summed E-state index contributed by atoms with van der Waals surface area (Å²) in [5.74, 6) is -0.0761. The first kappa shape index (κ1) is 12.9. The van der Waals surface area contributed by atoms with Crippen LogP contribution in [-0.2, 0) is 0 Å². The van der Waals surface area contributed by atoms with Gasteiger partial charge in [-0.3, -0.25) is 0 Å². The number of halogens is 2. The minimum atomic E-state index is -0.476. The van der Waals surface area contributed by atoms with Crippen LogP contribution in [0.1, 0.15) is 5.69 Å². The topological polar surface area (TPSA) is 48.1 Å². The van der Waals surface area contributed by atoms with Gasteiger partial charge >= 0.3 is 0 Å². The molecule has 2 N–H and O–H groups in total. The maximum absolute atomic E-state index is 13.6. The molecule has 0 aliphatic rings. The highest BCUT2D eigenvalue weighted by Crippen LogP contribution is 2.28. The van der Waals surface area contributed by atoms with Gasteiger partial charge in [0, 0.05) is 10.7 Å². The van der Waals surface area contributed by atoms with Crippen molar-refractivity contribution >= 4 is 33.1 Å². The van der Waals surface area contributed by atoms with Crippen LogP contribution in [0.4, 0.5) is 4.39 Å². The van der Waals surface area contributed by atoms with Crippen LogP contribution in [0, 0.1) is 5.82 Å². The molecule has 0 bridgehead atoms. The molecule has 1 heterocycles. The van der Waals surface area contributed by atoms with Gasteiger partial charge in [0.15, 0.2) is 17.3 Å². The predicted octanol–water partition coefficient (Wildman–Crippen LogP) is 3.41. The third kappa shape index (κ3) is 2.83. The quantitative estimate of drug-likeness (QED) is 0.878. The summed E-state index contributed by atoms with van der Waals surface area (Å²) in [4.78, 5) is 4.10. The standard InChI is InChI=1S/C12H8BrFN2OS/c13-7-3-4-8(14)10(6-7)17-9-2-1-5-16-11(9)12(15)18/h1-6H,(H2,15,18). The molecule has 0 spiro atoms. The molecule has 0 unspecified atom stereocenters. The second-order valence-electron chi connectivity index (χ2n) is 3.39. The van der Waals surface area contributed by atoms with E-state index in [0.29, 0.717) is 15.9 Å². The third-order valence-electron chi connectivity index (χ3n) is 2.12. The van der Waals surface area contributed by atoms with E-state index in [1.807, 2.05) is 0 Å². The van der Waals surface area contributed by atoms with Crippen molar-refractivity contribution in [3.05, 3.63) is 52.5 Å². The fourth-order valence-corrected chi connectivity index (χ4v) is 1.83. The van der Waals surface area contributed by atoms with E-state index in [1.165, 1.54) is 12.1 Å². The van der Waals surface area contributed by atoms with E-state index in [2.05, 4.69) is 20.9 Å². The van der Waals surface area contributed by atoms with Crippen LogP contribution in [0.15, 0.2) is 41.0 Å². The molecule has 18 heavy (non-hydrogen) atoms. The second kappa shape index (κ2) is 5.41. The van der Waals surface area contributed by atoms with Gasteiger partial charge in [-0.15, -0.1) is 0 Å². The van der Waals surface area contributed by atoms with Gasteiger partial charge < -0.3 is 10.5 Å². The van der Waals surface area contributed by atoms with Crippen LogP contribution in [-0.4, -0.2) is 9.97 Å². The van der Waals surface area contributed by atoms with Crippen molar-refractivity contribution in [3.63, 3.8) is 0 Å². The lowest BCUT2D eigenvalue weighted by molar-refractivity contribution is 0.439. The molecule has 0 amide bonds. The Bertz CT molecular complexity index is 606. The Hall–Kier alpha value is -1.53. The molecule has 0 saturated heterocycles. The smallest absolute Gasteiger partial charge is 0.165 e. The molecule has 1 aromatic heterocycles. The number of rotatable bonds is 3. The van der Waals surface area contributed by atoms with Crippen LogP contribution in [0.3, 0.4) is 0 Å². The molecule has 2 rings (SSSR count). The summed E-state index contributed by atoms with van der Waals surface area (Å²) in [5.41, 5.74) is 5.85. The zero-order valence-electron chi connectivity index (χ0n) is 9.06. The van der Waals surface area contributed by atoms with E-state index < -0.39 is 5.82 Å². The lowest BCUT2D eigenvalue weighted by Gasteiger charge is -2.10. The average Bonchev–Trinajstić information content (AvgIpc) is 2.34. The Kier molecular flexibility index (Phi) is 3.88. The second-order valence-corrected chi connectivity index (χ2v) is 4.75. The van der Waals surface area contributed by atoms with Gasteiger partial charge in [0.25, 0.3) is 0 Å². The van der Waals surface area contributed by atoms with Crippen molar-refractivity contribution in [2.24, 2.45) is 5.73 Å². The predicted molar refractivity (Wildman–Crippen MR) is 74.3 cm³/mol. The number of benzene rings is 1. The number of aromatic nitrogens is 1. The first-order chi connectivity index (χ1) is 8.58. The van der Waals surface area contributed by atoms with E-state index in [-0.39, 0.29) is 10.7 Å². The summed E-state index contributed by atoms with van der Waals surface area (Å²) >= 11 is 8.10. The van der Waals surface area contributed by atoms with Gasteiger partial charge in [0.1, 0.15) is 10.7 Å². The molecule has 0 aliphatic carbocycles. The van der Waals surface area contributed by atoms with Gasteiger partial charge in [-0.25, -0.2) is 9.37 Å². The molecular weight excluding hydrogens is 319 g/mol. The Morgan fingerprint density at radius 3 is 2.83 bits per heavy atom. The fourth-order valence-electron chi connectivity index (χ4n) is 1.33. The molecule has 0 radical (unpaired) electrons. The average molecular weight is 327 g/mol. The molecule has 0 fully saturated rings. The van der Waals surface area contributed by atoms with Gasteiger partial charge in [-0.05, 0) is 30.3 Å². The van der Waals surface area contributed by atoms with Gasteiger partial charge in [-0.2, -0.15) is 0 Å². The van der Waals surface area contributed by atoms with Crippen molar-refractivity contribution in [2.75, 3.05) is 0 Å². The lowest BCUT2D eigenvalue weighted by Crippen LogP contribution is -2.12. The van der Waals surface area contributed by atoms with Crippen LogP contribution in [0.2, 0.25) is 0 Å². The summed E-state index contributed by atoms with van der Waals surface area (Å²) in [6.45, 7) is 0. The van der Waals surface area contributed by atoms with Crippen molar-refractivity contribution in [1.82, 2.24) is 4.98 Å². The van der Waals surface area contributed by atoms with E-state index in [1.54, 1.807) is 24.4 Å². The number of nitrogens with zero attached hydrogens (tertiary/aromatic N) is 1. The van der Waals surface area contributed by atoms with Gasteiger partial charge in [0.05, 0.1) is 0 Å². The number of nitrogens with two attached hydrogens (primary N) is 1. The molecule has 0 atom stereocenters. The minimum Gasteiger partial charge on any atom is -0.452 e. The van der Waals surface area contributed by atoms with E-state index in [9.17, 15) is 4.39 Å². The van der Waals surface area contributed by atoms with Crippen LogP contribution < -0.4 is 10.5 Å². The van der Waals surface area contributed by atoms with Crippen molar-refractivity contribution in [3.8, 4) is 11.5 Å². The molecule has 2 aromatic rings. The normalized spacial score (nSPS) is 10.1. The maximum atomic E-state index is 13.6. The van der Waals surface area contributed by atoms with Crippen LogP contribution in [0.25, 0.3) is 0 Å². The summed E-state index contributed by atoms with van der Waals surface area (Å²) in [7, 11) is 0. The number of hydrogen-bond acceptors (Lipinski definition) is 3. The first-order valence-electron chi connectivity index (χ1n) is 4.95. The van der Waals surface area contributed by atoms with Crippen molar-refractivity contribution in [1.29, 1.82) is 0 Å². The molecule has 1 aromatic carbocycles. The first-order valence-corrected chi connectivity index (χ1v) is 6.16. The highest BCUT2D eigenvalue weighted by molar-refractivity contribution is 9.10. The molecular formula is C12H8BrFN2OS. The summed E-state index contributed by atoms with van der Waals surface area (Å²) in [6, 6.07) is 7.69. The van der Waals surface area contributed by atoms with Gasteiger partial charge in [0.2, 0.25) is 0 Å². The zero-order valence-corrected chi connectivity index (χ0v) is 11.5. The van der Waals surface area contributed by atoms with Crippen LogP contribution in [0.5, 0.6) is 11.5 Å². The Morgan fingerprint density at radius 1 is 1.33 bits per heavy atom. The molecule has 92 valence electrons. The van der Waals surface area contributed by atoms with Crippen molar-refractivity contribution < 1.29 is 9.13 Å². The van der Waals surface area contributed by atoms with E-state index in [0.717, 1.165) is 0 Å². The molecule has 0 saturated carbocycles. The third-order valence-corrected chi connectivity index (χ3v) is 2.80. The zero-order chi connectivity index (χ0) is 13.1. The monoisotopic (exact) mass is 326 g/mol. The van der Waals surface area contributed by atoms with Gasteiger partial charge in [-0.1, -0.05) is 28.1 Å². The summed E-state index contributed by atoms with van der Waals surface area (Å²) in [6.07, 6.45) is 1.54. The van der Waals surface area contributed by atoms with E-state index >= 15 is 0 Å². The Balaban J connectivity index is 2.40. The minimum absolute atomic E-state index is 0.0786. The Labute approximate surface area is 117 Å². The lowest BCUT2D eigenvalue weighted by atomic mass is 10.3. The SMILES string of the molecule is NC(=S)c1ncccc1Oc1cc(Br)ccc1F. The number of thiocarbonyl (C=S) groups is 1. The van der Waals surface area contributed by atoms with E-state index in [4.69, 9.17) is 22.7 Å². The molecule has 3 nitrogen and oxygen atoms in total. The highest BCUT2D eigenvalue weighted by atomic mass is 79.9. The van der Waals surface area contributed by atoms with Crippen molar-refractivity contribution in [2.45, 2.75) is 0 Å². The Morgan fingerprint density at radius 2 is 2.11 bits per heavy atom. The maximum Gasteiger partial charge on any atom is 0.165 e.